The molecule has 3 aromatic carbocycles. The van der Waals surface area contributed by atoms with Crippen molar-refractivity contribution in [1.29, 1.82) is 0 Å². The molecule has 0 bridgehead atoms. The van der Waals surface area contributed by atoms with E-state index in [0.717, 1.165) is 112 Å². The maximum Gasteiger partial charge on any atom is 0.340 e. The second-order valence-electron chi connectivity index (χ2n) is 16.7. The van der Waals surface area contributed by atoms with Crippen LogP contribution in [0.5, 0.6) is 11.5 Å². The molecule has 0 saturated carbocycles. The molecule has 1 aliphatic carbocycles. The fourth-order valence-corrected chi connectivity index (χ4v) is 9.07. The van der Waals surface area contributed by atoms with Crippen molar-refractivity contribution < 1.29 is 24.0 Å². The molecule has 2 aliphatic heterocycles. The lowest BCUT2D eigenvalue weighted by molar-refractivity contribution is -0.736. The Kier molecular flexibility index (Phi) is 13.0. The van der Waals surface area contributed by atoms with Gasteiger partial charge in [0.05, 0.1) is 16.7 Å². The minimum Gasteiger partial charge on any atom is -0.455 e. The van der Waals surface area contributed by atoms with Crippen LogP contribution < -0.4 is 19.7 Å². The van der Waals surface area contributed by atoms with Gasteiger partial charge in [-0.05, 0) is 115 Å². The predicted molar refractivity (Wildman–Crippen MR) is 239 cm³/mol. The largest absolute Gasteiger partial charge is 0.455 e. The van der Waals surface area contributed by atoms with Gasteiger partial charge in [0, 0.05) is 91.8 Å². The van der Waals surface area contributed by atoms with Crippen molar-refractivity contribution in [2.75, 3.05) is 69.8 Å². The van der Waals surface area contributed by atoms with E-state index in [1.54, 1.807) is 12.3 Å². The van der Waals surface area contributed by atoms with Gasteiger partial charge < -0.3 is 24.7 Å². The number of allylic oxidation sites excluding steroid dienone is 1. The Bertz CT molecular complexity index is 2350. The van der Waals surface area contributed by atoms with Gasteiger partial charge in [0.2, 0.25) is 0 Å². The predicted octanol–water partition coefficient (Wildman–Crippen LogP) is 10.0. The molecule has 4 heterocycles. The number of hydrogen-bond acceptors (Lipinski definition) is 10. The highest BCUT2D eigenvalue weighted by atomic mass is 35.5. The lowest BCUT2D eigenvalue weighted by Gasteiger charge is -2.39. The number of carbonyl (C=O) groups is 1. The van der Waals surface area contributed by atoms with E-state index in [4.69, 9.17) is 25.9 Å². The molecule has 60 heavy (non-hydrogen) atoms. The Hall–Kier alpha value is -5.08. The molecule has 0 spiro atoms. The highest BCUT2D eigenvalue weighted by molar-refractivity contribution is 7.98. The molecule has 5 aromatic rings. The molecule has 2 aromatic heterocycles. The fourth-order valence-electron chi connectivity index (χ4n) is 8.32. The normalized spacial score (nSPS) is 17.4. The van der Waals surface area contributed by atoms with Crippen molar-refractivity contribution in [3.8, 4) is 11.5 Å². The van der Waals surface area contributed by atoms with E-state index in [1.807, 2.05) is 60.8 Å². The molecule has 1 amide bonds. The highest BCUT2D eigenvalue weighted by Gasteiger charge is 2.30. The Balaban J connectivity index is 0.972. The van der Waals surface area contributed by atoms with Gasteiger partial charge in [-0.15, -0.1) is 0 Å². The molecule has 8 rings (SSSR count). The number of hydrogen-bond donors (Lipinski definition) is 3. The summed E-state index contributed by atoms with van der Waals surface area (Å²) in [6, 6.07) is 23.3. The zero-order valence-corrected chi connectivity index (χ0v) is 36.0. The van der Waals surface area contributed by atoms with Crippen molar-refractivity contribution in [2.45, 2.75) is 50.8 Å². The third kappa shape index (κ3) is 10.1. The number of nitrogens with one attached hydrogen (secondary N) is 3. The second kappa shape index (κ2) is 18.7. The van der Waals surface area contributed by atoms with Crippen LogP contribution in [0.1, 0.15) is 61.9 Å². The van der Waals surface area contributed by atoms with E-state index < -0.39 is 0 Å². The summed E-state index contributed by atoms with van der Waals surface area (Å²) in [6.07, 6.45) is 8.78. The number of fused-ring (bicyclic) bond motifs is 1. The first-order valence-corrected chi connectivity index (χ1v) is 21.9. The van der Waals surface area contributed by atoms with E-state index in [1.165, 1.54) is 30.2 Å². The molecule has 2 fully saturated rings. The van der Waals surface area contributed by atoms with Crippen molar-refractivity contribution >= 4 is 63.1 Å². The van der Waals surface area contributed by atoms with Crippen molar-refractivity contribution in [2.24, 2.45) is 11.3 Å². The molecule has 3 N–H and O–H groups in total. The van der Waals surface area contributed by atoms with Gasteiger partial charge in [0.15, 0.2) is 7.11 Å². The SMILES string of the molecule is CO[N+](=O)c1cc(SNC(=O)c2ccc(N3CCN(CC4=C(c5ccc(Cl)cc5)CC(C)(C)CC4)CC3)cc2Oc2cnc3[nH]ccc3c2)ccc1NCC1CCOCC1. The molecular formula is C46H53ClN7O5S+. The first-order chi connectivity index (χ1) is 29.1. The summed E-state index contributed by atoms with van der Waals surface area (Å²) in [5.41, 5.74) is 7.63. The second-order valence-corrected chi connectivity index (χ2v) is 18.0. The lowest BCUT2D eigenvalue weighted by atomic mass is 9.72. The zero-order chi connectivity index (χ0) is 41.6. The average molecular weight is 851 g/mol. The summed E-state index contributed by atoms with van der Waals surface area (Å²) in [7, 11) is 1.33. The Labute approximate surface area is 360 Å². The van der Waals surface area contributed by atoms with Gasteiger partial charge in [-0.3, -0.25) is 14.4 Å². The number of anilines is 2. The number of aromatic nitrogens is 2. The summed E-state index contributed by atoms with van der Waals surface area (Å²) in [5.74, 6) is 1.07. The average Bonchev–Trinajstić information content (AvgIpc) is 3.74. The number of H-pyrrole nitrogens is 1. The van der Waals surface area contributed by atoms with Crippen molar-refractivity contribution in [3.05, 3.63) is 112 Å². The van der Waals surface area contributed by atoms with Crippen LogP contribution >= 0.6 is 23.5 Å². The van der Waals surface area contributed by atoms with Crippen LogP contribution in [-0.4, -0.2) is 85.3 Å². The van der Waals surface area contributed by atoms with Crippen LogP contribution in [0.25, 0.3) is 16.6 Å². The van der Waals surface area contributed by atoms with Crippen LogP contribution in [0.3, 0.4) is 0 Å². The summed E-state index contributed by atoms with van der Waals surface area (Å²) in [5, 5.41) is 5.08. The monoisotopic (exact) mass is 850 g/mol. The Morgan fingerprint density at radius 1 is 1.03 bits per heavy atom. The van der Waals surface area contributed by atoms with Crippen LogP contribution in [0.4, 0.5) is 17.1 Å². The zero-order valence-electron chi connectivity index (χ0n) is 34.5. The van der Waals surface area contributed by atoms with Crippen LogP contribution in [-0.2, 0) is 9.57 Å². The summed E-state index contributed by atoms with van der Waals surface area (Å²) in [4.78, 5) is 45.4. The van der Waals surface area contributed by atoms with Gasteiger partial charge in [-0.25, -0.2) is 9.82 Å². The molecule has 3 aliphatic rings. The lowest BCUT2D eigenvalue weighted by Crippen LogP contribution is -2.47. The van der Waals surface area contributed by atoms with Crippen LogP contribution in [0.15, 0.2) is 95.7 Å². The Morgan fingerprint density at radius 3 is 2.62 bits per heavy atom. The number of rotatable bonds is 14. The number of ether oxygens (including phenoxy) is 2. The number of piperazine rings is 1. The summed E-state index contributed by atoms with van der Waals surface area (Å²) < 4.78 is 14.9. The van der Waals surface area contributed by atoms with E-state index in [-0.39, 0.29) is 11.3 Å². The summed E-state index contributed by atoms with van der Waals surface area (Å²) in [6.45, 7) is 11.4. The van der Waals surface area contributed by atoms with Crippen molar-refractivity contribution in [1.82, 2.24) is 19.6 Å². The van der Waals surface area contributed by atoms with Crippen LogP contribution in [0.2, 0.25) is 5.02 Å². The number of aromatic amines is 1. The molecule has 0 radical (unpaired) electrons. The minimum atomic E-state index is -0.337. The molecule has 0 unspecified atom stereocenters. The number of carbonyl (C=O) groups excluding carboxylic acids is 1. The topological polar surface area (TPSA) is 124 Å². The standard InChI is InChI=1S/C46H52ClN7O5S/c1-46(2)16-12-34(40(27-46)32-4-6-35(47)7-5-32)30-52-18-20-53(21-19-52)36-8-10-39(43(25-36)59-37-24-33-13-17-48-44(33)50-29-37)45(55)51-60-38-9-11-41(42(26-38)54(56)57-3)49-28-31-14-22-58-23-15-31/h4-11,13,17,24-26,29,31H,12,14-16,18-23,27-28,30H2,1-3H3,(H2-,48,49,50,51,55,56)/p+1. The molecule has 14 heteroatoms. The summed E-state index contributed by atoms with van der Waals surface area (Å²) >= 11 is 7.38. The van der Waals surface area contributed by atoms with E-state index in [0.29, 0.717) is 44.2 Å². The van der Waals surface area contributed by atoms with Crippen molar-refractivity contribution in [3.63, 3.8) is 0 Å². The number of nitrogens with zero attached hydrogens (tertiary/aromatic N) is 4. The van der Waals surface area contributed by atoms with Gasteiger partial charge in [0.25, 0.3) is 10.8 Å². The van der Waals surface area contributed by atoms with Gasteiger partial charge in [-0.1, -0.05) is 43.2 Å². The highest BCUT2D eigenvalue weighted by Crippen LogP contribution is 2.43. The number of amides is 1. The maximum absolute atomic E-state index is 13.9. The van der Waals surface area contributed by atoms with Gasteiger partial charge >= 0.3 is 5.69 Å². The molecular weight excluding hydrogens is 798 g/mol. The molecule has 2 saturated heterocycles. The third-order valence-electron chi connectivity index (χ3n) is 11.9. The molecule has 0 atom stereocenters. The fraction of sp³-hybridized carbons (Fsp3) is 0.391. The quantitative estimate of drug-likeness (QED) is 0.0735. The van der Waals surface area contributed by atoms with E-state index >= 15 is 0 Å². The first kappa shape index (κ1) is 41.6. The van der Waals surface area contributed by atoms with Crippen LogP contribution in [0, 0.1) is 16.2 Å². The van der Waals surface area contributed by atoms with Gasteiger partial charge in [0.1, 0.15) is 22.8 Å². The third-order valence-corrected chi connectivity index (χ3v) is 12.9. The number of benzene rings is 3. The smallest absolute Gasteiger partial charge is 0.340 e. The number of halogens is 1. The minimum absolute atomic E-state index is 0.267. The number of pyridine rings is 1. The maximum atomic E-state index is 13.9. The van der Waals surface area contributed by atoms with Gasteiger partial charge in [-0.2, -0.15) is 0 Å². The van der Waals surface area contributed by atoms with E-state index in [2.05, 4.69) is 55.8 Å². The Morgan fingerprint density at radius 2 is 1.83 bits per heavy atom. The van der Waals surface area contributed by atoms with E-state index in [9.17, 15) is 9.70 Å². The molecule has 314 valence electrons. The first-order valence-electron chi connectivity index (χ1n) is 20.7. The molecule has 12 nitrogen and oxygen atoms in total.